The molecule has 3 rings (SSSR count). The van der Waals surface area contributed by atoms with Gasteiger partial charge in [-0.15, -0.1) is 0 Å². The van der Waals surface area contributed by atoms with Crippen LogP contribution in [0.2, 0.25) is 0 Å². The van der Waals surface area contributed by atoms with E-state index in [1.165, 1.54) is 12.1 Å². The highest BCUT2D eigenvalue weighted by Crippen LogP contribution is 2.17. The Morgan fingerprint density at radius 3 is 2.96 bits per heavy atom. The summed E-state index contributed by atoms with van der Waals surface area (Å²) in [6.45, 7) is 6.80. The fourth-order valence-electron chi connectivity index (χ4n) is 3.15. The van der Waals surface area contributed by atoms with Gasteiger partial charge in [-0.2, -0.15) is 5.10 Å². The molecule has 1 atom stereocenters. The minimum absolute atomic E-state index is 0.109. The van der Waals surface area contributed by atoms with Gasteiger partial charge in [-0.1, -0.05) is 12.1 Å². The van der Waals surface area contributed by atoms with E-state index in [-0.39, 0.29) is 17.8 Å². The van der Waals surface area contributed by atoms with Gasteiger partial charge in [0, 0.05) is 49.9 Å². The van der Waals surface area contributed by atoms with Crippen LogP contribution in [0.25, 0.3) is 0 Å². The Bertz CT molecular complexity index is 728. The Balaban J connectivity index is 1.55. The van der Waals surface area contributed by atoms with Gasteiger partial charge in [-0.25, -0.2) is 4.39 Å². The van der Waals surface area contributed by atoms with Gasteiger partial charge in [0.1, 0.15) is 5.82 Å². The van der Waals surface area contributed by atoms with Gasteiger partial charge in [0.05, 0.1) is 6.20 Å². The molecule has 1 aromatic carbocycles. The van der Waals surface area contributed by atoms with Gasteiger partial charge in [-0.3, -0.25) is 9.48 Å². The van der Waals surface area contributed by atoms with Gasteiger partial charge < -0.3 is 10.2 Å². The predicted molar refractivity (Wildman–Crippen MR) is 89.7 cm³/mol. The second-order valence-electron chi connectivity index (χ2n) is 6.26. The van der Waals surface area contributed by atoms with Crippen LogP contribution in [0.3, 0.4) is 0 Å². The summed E-state index contributed by atoms with van der Waals surface area (Å²) in [6, 6.07) is 6.54. The molecule has 0 saturated carbocycles. The van der Waals surface area contributed by atoms with Gasteiger partial charge in [0.2, 0.25) is 5.91 Å². The minimum Gasteiger partial charge on any atom is -0.337 e. The molecule has 2 heterocycles. The number of benzene rings is 1. The summed E-state index contributed by atoms with van der Waals surface area (Å²) in [7, 11) is 0. The highest BCUT2D eigenvalue weighted by Gasteiger charge is 2.29. The molecule has 1 unspecified atom stereocenters. The first kappa shape index (κ1) is 16.6. The third kappa shape index (κ3) is 3.64. The van der Waals surface area contributed by atoms with Crippen LogP contribution in [0.4, 0.5) is 4.39 Å². The highest BCUT2D eigenvalue weighted by molar-refractivity contribution is 5.79. The van der Waals surface area contributed by atoms with E-state index in [9.17, 15) is 9.18 Å². The SMILES string of the molecule is CCn1ncc(CNC2CC(=O)N(Cc3cccc(F)c3)C2)c1C. The second kappa shape index (κ2) is 7.13. The lowest BCUT2D eigenvalue weighted by Gasteiger charge is -2.17. The highest BCUT2D eigenvalue weighted by atomic mass is 19.1. The topological polar surface area (TPSA) is 50.2 Å². The van der Waals surface area contributed by atoms with Crippen molar-refractivity contribution < 1.29 is 9.18 Å². The number of nitrogens with zero attached hydrogens (tertiary/aromatic N) is 3. The van der Waals surface area contributed by atoms with Gasteiger partial charge >= 0.3 is 0 Å². The monoisotopic (exact) mass is 330 g/mol. The van der Waals surface area contributed by atoms with Crippen LogP contribution in [0.15, 0.2) is 30.5 Å². The molecule has 1 aliphatic heterocycles. The number of halogens is 1. The van der Waals surface area contributed by atoms with Crippen molar-refractivity contribution in [1.29, 1.82) is 0 Å². The molecule has 0 spiro atoms. The quantitative estimate of drug-likeness (QED) is 0.884. The molecule has 128 valence electrons. The first-order valence-corrected chi connectivity index (χ1v) is 8.33. The largest absolute Gasteiger partial charge is 0.337 e. The maximum Gasteiger partial charge on any atom is 0.224 e. The van der Waals surface area contributed by atoms with Gasteiger partial charge in [0.25, 0.3) is 0 Å². The Labute approximate surface area is 141 Å². The second-order valence-corrected chi connectivity index (χ2v) is 6.26. The van der Waals surface area contributed by atoms with Crippen LogP contribution in [0.5, 0.6) is 0 Å². The lowest BCUT2D eigenvalue weighted by Crippen LogP contribution is -2.32. The molecule has 1 aromatic heterocycles. The minimum atomic E-state index is -0.266. The van der Waals surface area contributed by atoms with E-state index in [0.717, 1.165) is 23.4 Å². The van der Waals surface area contributed by atoms with Crippen molar-refractivity contribution in [2.24, 2.45) is 0 Å². The zero-order chi connectivity index (χ0) is 17.1. The van der Waals surface area contributed by atoms with E-state index < -0.39 is 0 Å². The Morgan fingerprint density at radius 1 is 1.42 bits per heavy atom. The van der Waals surface area contributed by atoms with Gasteiger partial charge in [0.15, 0.2) is 0 Å². The third-order valence-corrected chi connectivity index (χ3v) is 4.56. The maximum absolute atomic E-state index is 13.3. The molecule has 6 heteroatoms. The molecule has 0 bridgehead atoms. The van der Waals surface area contributed by atoms with E-state index in [1.54, 1.807) is 11.0 Å². The number of nitrogens with one attached hydrogen (secondary N) is 1. The van der Waals surface area contributed by atoms with Crippen molar-refractivity contribution in [2.75, 3.05) is 6.54 Å². The van der Waals surface area contributed by atoms with Crippen LogP contribution in [0, 0.1) is 12.7 Å². The van der Waals surface area contributed by atoms with E-state index in [0.29, 0.717) is 26.1 Å². The summed E-state index contributed by atoms with van der Waals surface area (Å²) in [4.78, 5) is 14.0. The standard InChI is InChI=1S/C18H23FN4O/c1-3-23-13(2)15(10-21-23)9-20-17-8-18(24)22(12-17)11-14-5-4-6-16(19)7-14/h4-7,10,17,20H,3,8-9,11-12H2,1-2H3. The van der Waals surface area contributed by atoms with Crippen LogP contribution >= 0.6 is 0 Å². The van der Waals surface area contributed by atoms with Crippen molar-refractivity contribution >= 4 is 5.91 Å². The molecule has 1 saturated heterocycles. The fourth-order valence-corrected chi connectivity index (χ4v) is 3.15. The first-order valence-electron chi connectivity index (χ1n) is 8.33. The van der Waals surface area contributed by atoms with Gasteiger partial charge in [-0.05, 0) is 31.5 Å². The molecule has 24 heavy (non-hydrogen) atoms. The zero-order valence-electron chi connectivity index (χ0n) is 14.1. The van der Waals surface area contributed by atoms with Crippen LogP contribution in [-0.2, 0) is 24.4 Å². The van der Waals surface area contributed by atoms with Crippen LogP contribution < -0.4 is 5.32 Å². The number of hydrogen-bond acceptors (Lipinski definition) is 3. The summed E-state index contributed by atoms with van der Waals surface area (Å²) in [5, 5.41) is 7.78. The lowest BCUT2D eigenvalue weighted by molar-refractivity contribution is -0.128. The van der Waals surface area contributed by atoms with E-state index in [2.05, 4.69) is 24.3 Å². The van der Waals surface area contributed by atoms with Crippen LogP contribution in [-0.4, -0.2) is 33.2 Å². The number of amides is 1. The summed E-state index contributed by atoms with van der Waals surface area (Å²) in [5.74, 6) is -0.157. The Hall–Kier alpha value is -2.21. The molecular formula is C18H23FN4O. The average molecular weight is 330 g/mol. The summed E-state index contributed by atoms with van der Waals surface area (Å²) in [5.41, 5.74) is 3.14. The smallest absolute Gasteiger partial charge is 0.224 e. The van der Waals surface area contributed by atoms with Crippen molar-refractivity contribution in [3.63, 3.8) is 0 Å². The Kier molecular flexibility index (Phi) is 4.94. The first-order chi connectivity index (χ1) is 11.6. The van der Waals surface area contributed by atoms with Crippen molar-refractivity contribution in [3.05, 3.63) is 53.1 Å². The molecule has 5 nitrogen and oxygen atoms in total. The van der Waals surface area contributed by atoms with Crippen molar-refractivity contribution in [1.82, 2.24) is 20.0 Å². The number of aryl methyl sites for hydroxylation is 1. The van der Waals surface area contributed by atoms with Crippen molar-refractivity contribution in [3.8, 4) is 0 Å². The number of likely N-dealkylation sites (tertiary alicyclic amines) is 1. The van der Waals surface area contributed by atoms with E-state index >= 15 is 0 Å². The third-order valence-electron chi connectivity index (χ3n) is 4.56. The van der Waals surface area contributed by atoms with E-state index in [1.807, 2.05) is 16.9 Å². The lowest BCUT2D eigenvalue weighted by atomic mass is 10.2. The fraction of sp³-hybridized carbons (Fsp3) is 0.444. The Morgan fingerprint density at radius 2 is 2.25 bits per heavy atom. The average Bonchev–Trinajstić information content (AvgIpc) is 3.08. The molecule has 1 fully saturated rings. The number of rotatable bonds is 6. The maximum atomic E-state index is 13.3. The number of carbonyl (C=O) groups excluding carboxylic acids is 1. The molecule has 2 aromatic rings. The predicted octanol–water partition coefficient (Wildman–Crippen LogP) is 2.24. The normalized spacial score (nSPS) is 17.7. The van der Waals surface area contributed by atoms with Crippen LogP contribution in [0.1, 0.15) is 30.2 Å². The van der Waals surface area contributed by atoms with Crippen molar-refractivity contribution in [2.45, 2.75) is 45.9 Å². The summed E-state index contributed by atoms with van der Waals surface area (Å²) >= 11 is 0. The summed E-state index contributed by atoms with van der Waals surface area (Å²) < 4.78 is 15.2. The molecule has 1 amide bonds. The molecule has 1 N–H and O–H groups in total. The molecule has 0 aliphatic carbocycles. The number of aromatic nitrogens is 2. The summed E-state index contributed by atoms with van der Waals surface area (Å²) in [6.07, 6.45) is 2.36. The zero-order valence-corrected chi connectivity index (χ0v) is 14.1. The molecular weight excluding hydrogens is 307 g/mol. The molecule has 1 aliphatic rings. The molecule has 0 radical (unpaired) electrons. The van der Waals surface area contributed by atoms with E-state index in [4.69, 9.17) is 0 Å². The number of hydrogen-bond donors (Lipinski definition) is 1. The number of carbonyl (C=O) groups is 1.